The van der Waals surface area contributed by atoms with Crippen LogP contribution in [-0.4, -0.2) is 12.0 Å². The average Bonchev–Trinajstić information content (AvgIpc) is 3.14. The van der Waals surface area contributed by atoms with E-state index in [2.05, 4.69) is 47.0 Å². The average molecular weight is 300 g/mol. The Morgan fingerprint density at radius 2 is 2.30 bits per heavy atom. The first-order chi connectivity index (χ1) is 9.86. The number of hydrogen-bond donors (Lipinski definition) is 1. The summed E-state index contributed by atoms with van der Waals surface area (Å²) < 4.78 is 2.81. The minimum atomic E-state index is 0.385. The monoisotopic (exact) mass is 300 g/mol. The number of thiophene rings is 2. The molecule has 0 spiro atoms. The minimum absolute atomic E-state index is 0.385. The molecule has 0 saturated carbocycles. The Kier molecular flexibility index (Phi) is 3.10. The standard InChI is InChI=1S/C16H16N2S2/c1-17-16(14-9-13-12(20-14)6-8-19-13)11-5-4-10-3-2-7-18-15(10)11/h2-3,6-9,11,16-17H,4-5H2,1H3. The molecule has 0 bridgehead atoms. The van der Waals surface area contributed by atoms with Crippen LogP contribution in [0, 0.1) is 0 Å². The van der Waals surface area contributed by atoms with Crippen LogP contribution in [0.4, 0.5) is 0 Å². The summed E-state index contributed by atoms with van der Waals surface area (Å²) in [5.41, 5.74) is 2.72. The van der Waals surface area contributed by atoms with Crippen LogP contribution in [0.1, 0.15) is 34.5 Å². The van der Waals surface area contributed by atoms with E-state index in [1.165, 1.54) is 32.0 Å². The van der Waals surface area contributed by atoms with Gasteiger partial charge in [0.1, 0.15) is 0 Å². The maximum atomic E-state index is 4.64. The molecular weight excluding hydrogens is 284 g/mol. The summed E-state index contributed by atoms with van der Waals surface area (Å²) in [4.78, 5) is 6.09. The van der Waals surface area contributed by atoms with E-state index in [0.717, 1.165) is 6.42 Å². The van der Waals surface area contributed by atoms with Gasteiger partial charge in [0, 0.05) is 38.1 Å². The predicted molar refractivity (Wildman–Crippen MR) is 86.8 cm³/mol. The molecule has 1 N–H and O–H groups in total. The zero-order valence-corrected chi connectivity index (χ0v) is 12.9. The summed E-state index contributed by atoms with van der Waals surface area (Å²) >= 11 is 3.75. The number of aryl methyl sites for hydroxylation is 1. The first-order valence-electron chi connectivity index (χ1n) is 6.95. The molecule has 0 aromatic carbocycles. The van der Waals surface area contributed by atoms with Gasteiger partial charge in [-0.3, -0.25) is 4.98 Å². The van der Waals surface area contributed by atoms with Crippen molar-refractivity contribution in [2.24, 2.45) is 0 Å². The fraction of sp³-hybridized carbons (Fsp3) is 0.312. The van der Waals surface area contributed by atoms with Crippen LogP contribution in [0.15, 0.2) is 35.8 Å². The molecule has 3 aromatic rings. The number of nitrogens with one attached hydrogen (secondary N) is 1. The molecular formula is C16H16N2S2. The first kappa shape index (κ1) is 12.5. The number of pyridine rings is 1. The third kappa shape index (κ3) is 1.91. The van der Waals surface area contributed by atoms with Gasteiger partial charge >= 0.3 is 0 Å². The Bertz CT molecular complexity index is 715. The normalized spacial score (nSPS) is 19.4. The van der Waals surface area contributed by atoms with Gasteiger partial charge in [0.05, 0.1) is 0 Å². The maximum Gasteiger partial charge on any atom is 0.0498 e. The topological polar surface area (TPSA) is 24.9 Å². The maximum absolute atomic E-state index is 4.64. The lowest BCUT2D eigenvalue weighted by atomic mass is 9.95. The molecule has 0 radical (unpaired) electrons. The van der Waals surface area contributed by atoms with E-state index in [4.69, 9.17) is 0 Å². The first-order valence-corrected chi connectivity index (χ1v) is 8.64. The highest BCUT2D eigenvalue weighted by Crippen LogP contribution is 2.43. The summed E-state index contributed by atoms with van der Waals surface area (Å²) in [6, 6.07) is 9.24. The second-order valence-corrected chi connectivity index (χ2v) is 7.32. The second-order valence-electron chi connectivity index (χ2n) is 5.26. The lowest BCUT2D eigenvalue weighted by molar-refractivity contribution is 0.477. The third-order valence-corrected chi connectivity index (χ3v) is 6.36. The van der Waals surface area contributed by atoms with Gasteiger partial charge in [-0.05, 0) is 49.0 Å². The van der Waals surface area contributed by atoms with Crippen molar-refractivity contribution in [3.63, 3.8) is 0 Å². The lowest BCUT2D eigenvalue weighted by Crippen LogP contribution is -2.22. The van der Waals surface area contributed by atoms with Gasteiger partial charge in [0.15, 0.2) is 0 Å². The molecule has 0 aliphatic heterocycles. The summed E-state index contributed by atoms with van der Waals surface area (Å²) in [5.74, 6) is 0.504. The van der Waals surface area contributed by atoms with Crippen molar-refractivity contribution in [3.05, 3.63) is 52.0 Å². The van der Waals surface area contributed by atoms with Gasteiger partial charge in [0.2, 0.25) is 0 Å². The highest BCUT2D eigenvalue weighted by atomic mass is 32.1. The van der Waals surface area contributed by atoms with Crippen LogP contribution in [0.5, 0.6) is 0 Å². The zero-order valence-electron chi connectivity index (χ0n) is 11.3. The van der Waals surface area contributed by atoms with Gasteiger partial charge in [0.25, 0.3) is 0 Å². The van der Waals surface area contributed by atoms with Crippen molar-refractivity contribution < 1.29 is 0 Å². The fourth-order valence-electron chi connectivity index (χ4n) is 3.25. The Balaban J connectivity index is 1.74. The van der Waals surface area contributed by atoms with Crippen LogP contribution in [0.25, 0.3) is 9.40 Å². The molecule has 3 aromatic heterocycles. The van der Waals surface area contributed by atoms with Crippen molar-refractivity contribution in [2.45, 2.75) is 24.8 Å². The Morgan fingerprint density at radius 3 is 3.15 bits per heavy atom. The highest BCUT2D eigenvalue weighted by Gasteiger charge is 2.32. The van der Waals surface area contributed by atoms with E-state index >= 15 is 0 Å². The number of hydrogen-bond acceptors (Lipinski definition) is 4. The number of rotatable bonds is 3. The van der Waals surface area contributed by atoms with Crippen molar-refractivity contribution in [1.82, 2.24) is 10.3 Å². The number of nitrogens with zero attached hydrogens (tertiary/aromatic N) is 1. The van der Waals surface area contributed by atoms with E-state index in [-0.39, 0.29) is 0 Å². The fourth-order valence-corrected chi connectivity index (χ4v) is 5.54. The molecule has 20 heavy (non-hydrogen) atoms. The Labute approximate surface area is 126 Å². The minimum Gasteiger partial charge on any atom is -0.312 e. The largest absolute Gasteiger partial charge is 0.312 e. The van der Waals surface area contributed by atoms with Gasteiger partial charge in [-0.15, -0.1) is 22.7 Å². The molecule has 3 heterocycles. The second kappa shape index (κ2) is 4.95. The quantitative estimate of drug-likeness (QED) is 0.778. The molecule has 1 aliphatic carbocycles. The molecule has 4 rings (SSSR count). The van der Waals surface area contributed by atoms with Crippen LogP contribution in [0.2, 0.25) is 0 Å². The number of fused-ring (bicyclic) bond motifs is 2. The number of likely N-dealkylation sites (N-methyl/N-ethyl adjacent to an activating group) is 1. The van der Waals surface area contributed by atoms with Crippen LogP contribution >= 0.6 is 22.7 Å². The highest BCUT2D eigenvalue weighted by molar-refractivity contribution is 7.26. The number of aromatic nitrogens is 1. The van der Waals surface area contributed by atoms with E-state index in [9.17, 15) is 0 Å². The lowest BCUT2D eigenvalue weighted by Gasteiger charge is -2.22. The molecule has 2 nitrogen and oxygen atoms in total. The van der Waals surface area contributed by atoms with Gasteiger partial charge in [-0.1, -0.05) is 6.07 Å². The van der Waals surface area contributed by atoms with Crippen LogP contribution in [-0.2, 0) is 6.42 Å². The summed E-state index contributed by atoms with van der Waals surface area (Å²) in [7, 11) is 2.07. The molecule has 2 unspecified atom stereocenters. The van der Waals surface area contributed by atoms with E-state index in [1.807, 2.05) is 28.9 Å². The summed E-state index contributed by atoms with van der Waals surface area (Å²) in [6.45, 7) is 0. The third-order valence-electron chi connectivity index (χ3n) is 4.18. The van der Waals surface area contributed by atoms with E-state index in [1.54, 1.807) is 0 Å². The van der Waals surface area contributed by atoms with Crippen molar-refractivity contribution in [2.75, 3.05) is 7.05 Å². The Morgan fingerprint density at radius 1 is 1.35 bits per heavy atom. The Hall–Kier alpha value is -1.23. The van der Waals surface area contributed by atoms with E-state index in [0.29, 0.717) is 12.0 Å². The van der Waals surface area contributed by atoms with Crippen molar-refractivity contribution >= 4 is 32.1 Å². The molecule has 4 heteroatoms. The van der Waals surface area contributed by atoms with Gasteiger partial charge in [-0.2, -0.15) is 0 Å². The molecule has 0 fully saturated rings. The molecule has 0 amide bonds. The van der Waals surface area contributed by atoms with Gasteiger partial charge in [-0.25, -0.2) is 0 Å². The SMILES string of the molecule is CNC(c1cc2sccc2s1)C1CCc2cccnc21. The van der Waals surface area contributed by atoms with Crippen molar-refractivity contribution in [3.8, 4) is 0 Å². The smallest absolute Gasteiger partial charge is 0.0498 e. The van der Waals surface area contributed by atoms with Crippen LogP contribution in [0.3, 0.4) is 0 Å². The van der Waals surface area contributed by atoms with E-state index < -0.39 is 0 Å². The summed E-state index contributed by atoms with van der Waals surface area (Å²) in [6.07, 6.45) is 4.28. The predicted octanol–water partition coefficient (Wildman–Crippen LogP) is 4.35. The molecule has 2 atom stereocenters. The molecule has 102 valence electrons. The van der Waals surface area contributed by atoms with Crippen LogP contribution < -0.4 is 5.32 Å². The molecule has 1 aliphatic rings. The van der Waals surface area contributed by atoms with Gasteiger partial charge < -0.3 is 5.32 Å². The zero-order chi connectivity index (χ0) is 13.5. The molecule has 0 saturated heterocycles. The van der Waals surface area contributed by atoms with Crippen molar-refractivity contribution in [1.29, 1.82) is 0 Å². The summed E-state index contributed by atoms with van der Waals surface area (Å²) in [5, 5.41) is 5.70.